The molecule has 1 atom stereocenters. The van der Waals surface area contributed by atoms with Crippen LogP contribution in [0.5, 0.6) is 0 Å². The van der Waals surface area contributed by atoms with Gasteiger partial charge in [0.05, 0.1) is 12.1 Å². The molecule has 0 spiro atoms. The van der Waals surface area contributed by atoms with Crippen LogP contribution >= 0.6 is 0 Å². The summed E-state index contributed by atoms with van der Waals surface area (Å²) in [6.45, 7) is 3.93. The lowest BCUT2D eigenvalue weighted by molar-refractivity contribution is -0.140. The quantitative estimate of drug-likeness (QED) is 0.271. The van der Waals surface area contributed by atoms with Crippen LogP contribution in [-0.2, 0) is 9.59 Å². The summed E-state index contributed by atoms with van der Waals surface area (Å²) in [5.41, 5.74) is 2.36. The number of para-hydroxylation sites is 1. The molecule has 2 aromatic heterocycles. The molecule has 0 radical (unpaired) electrons. The molecular weight excluding hydrogens is 532 g/mol. The lowest BCUT2D eigenvalue weighted by Crippen LogP contribution is -2.45. The Morgan fingerprint density at radius 1 is 0.976 bits per heavy atom. The summed E-state index contributed by atoms with van der Waals surface area (Å²) < 4.78 is 5.70. The molecule has 0 bridgehead atoms. The fourth-order valence-corrected chi connectivity index (χ4v) is 5.60. The Morgan fingerprint density at radius 2 is 1.79 bits per heavy atom. The van der Waals surface area contributed by atoms with Crippen LogP contribution in [0.3, 0.4) is 0 Å². The molecule has 0 saturated carbocycles. The van der Waals surface area contributed by atoms with E-state index >= 15 is 0 Å². The van der Waals surface area contributed by atoms with Crippen LogP contribution in [0.15, 0.2) is 70.1 Å². The second-order valence-electron chi connectivity index (χ2n) is 10.9. The fourth-order valence-electron chi connectivity index (χ4n) is 5.60. The van der Waals surface area contributed by atoms with Gasteiger partial charge in [0.25, 0.3) is 5.91 Å². The van der Waals surface area contributed by atoms with Gasteiger partial charge >= 0.3 is 0 Å². The number of aromatic nitrogens is 1. The van der Waals surface area contributed by atoms with E-state index in [1.54, 1.807) is 11.0 Å². The number of likely N-dealkylation sites (tertiary alicyclic amines) is 2. The second-order valence-corrected chi connectivity index (χ2v) is 10.9. The molecule has 3 amide bonds. The van der Waals surface area contributed by atoms with Crippen molar-refractivity contribution in [1.29, 1.82) is 0 Å². The van der Waals surface area contributed by atoms with Gasteiger partial charge in [0, 0.05) is 36.1 Å². The summed E-state index contributed by atoms with van der Waals surface area (Å²) in [4.78, 5) is 52.6. The van der Waals surface area contributed by atoms with E-state index in [0.29, 0.717) is 24.2 Å². The average Bonchev–Trinajstić information content (AvgIpc) is 3.63. The first-order valence-electron chi connectivity index (χ1n) is 14.5. The highest BCUT2D eigenvalue weighted by molar-refractivity contribution is 6.10. The summed E-state index contributed by atoms with van der Waals surface area (Å²) in [5.74, 6) is 0.246. The third-order valence-electron chi connectivity index (χ3n) is 7.79. The zero-order chi connectivity index (χ0) is 29.1. The zero-order valence-corrected chi connectivity index (χ0v) is 23.6. The smallest absolute Gasteiger partial charge is 0.276 e. The van der Waals surface area contributed by atoms with Crippen LogP contribution in [0, 0.1) is 6.92 Å². The number of aryl methyl sites for hydroxylation is 1. The Labute approximate surface area is 243 Å². The summed E-state index contributed by atoms with van der Waals surface area (Å²) in [6.07, 6.45) is 4.08. The van der Waals surface area contributed by atoms with Crippen molar-refractivity contribution in [2.24, 2.45) is 4.99 Å². The van der Waals surface area contributed by atoms with Crippen LogP contribution in [0.1, 0.15) is 48.4 Å². The van der Waals surface area contributed by atoms with Crippen molar-refractivity contribution in [2.45, 2.75) is 45.1 Å². The van der Waals surface area contributed by atoms with E-state index in [0.717, 1.165) is 60.9 Å². The van der Waals surface area contributed by atoms with Gasteiger partial charge in [-0.1, -0.05) is 24.3 Å². The van der Waals surface area contributed by atoms with E-state index in [2.05, 4.69) is 15.6 Å². The number of carbonyl (C=O) groups excluding carboxylic acids is 3. The molecule has 2 fully saturated rings. The van der Waals surface area contributed by atoms with Crippen LogP contribution < -0.4 is 10.6 Å². The first-order chi connectivity index (χ1) is 20.4. The number of nitrogens with zero attached hydrogens (tertiary/aromatic N) is 4. The number of furan rings is 1. The second kappa shape index (κ2) is 12.0. The Morgan fingerprint density at radius 3 is 2.64 bits per heavy atom. The third-order valence-corrected chi connectivity index (χ3v) is 7.79. The number of nitrogens with one attached hydrogen (secondary N) is 2. The highest BCUT2D eigenvalue weighted by atomic mass is 16.3. The van der Waals surface area contributed by atoms with Crippen LogP contribution in [0.2, 0.25) is 0 Å². The summed E-state index contributed by atoms with van der Waals surface area (Å²) in [6, 6.07) is 17.9. The van der Waals surface area contributed by atoms with Crippen molar-refractivity contribution in [2.75, 3.05) is 31.5 Å². The minimum Gasteiger partial charge on any atom is -0.461 e. The molecule has 2 aliphatic rings. The van der Waals surface area contributed by atoms with Crippen molar-refractivity contribution in [3.8, 4) is 0 Å². The molecule has 6 rings (SSSR count). The van der Waals surface area contributed by atoms with Gasteiger partial charge in [0.1, 0.15) is 23.1 Å². The largest absolute Gasteiger partial charge is 0.461 e. The topological polar surface area (TPSA) is 120 Å². The van der Waals surface area contributed by atoms with Crippen LogP contribution in [0.25, 0.3) is 21.9 Å². The SMILES string of the molecule is Cc1cc2cc(NC(=NC3CCCCN(CC(=O)N4CCCC4)C3=O)NC(=O)c3ccc4ccccc4n3)ccc2o1. The molecule has 1 unspecified atom stereocenters. The molecule has 216 valence electrons. The molecule has 2 aliphatic heterocycles. The third kappa shape index (κ3) is 6.12. The lowest BCUT2D eigenvalue weighted by Gasteiger charge is -2.25. The summed E-state index contributed by atoms with van der Waals surface area (Å²) in [5, 5.41) is 7.89. The number of hydrogen-bond donors (Lipinski definition) is 2. The first kappa shape index (κ1) is 27.4. The van der Waals surface area contributed by atoms with Crippen molar-refractivity contribution in [3.05, 3.63) is 72.1 Å². The van der Waals surface area contributed by atoms with Gasteiger partial charge in [-0.25, -0.2) is 9.98 Å². The molecule has 2 saturated heterocycles. The molecular formula is C32H34N6O4. The molecule has 0 aliphatic carbocycles. The normalized spacial score (nSPS) is 18.0. The van der Waals surface area contributed by atoms with Gasteiger partial charge in [0.15, 0.2) is 0 Å². The van der Waals surface area contributed by atoms with E-state index in [1.165, 1.54) is 0 Å². The minimum atomic E-state index is -0.744. The maximum absolute atomic E-state index is 13.6. The number of amides is 3. The summed E-state index contributed by atoms with van der Waals surface area (Å²) in [7, 11) is 0. The maximum atomic E-state index is 13.6. The van der Waals surface area contributed by atoms with Crippen LogP contribution in [0.4, 0.5) is 5.69 Å². The highest BCUT2D eigenvalue weighted by Crippen LogP contribution is 2.23. The molecule has 4 aromatic rings. The Kier molecular flexibility index (Phi) is 7.85. The van der Waals surface area contributed by atoms with Gasteiger partial charge in [-0.3, -0.25) is 19.7 Å². The van der Waals surface area contributed by atoms with E-state index in [1.807, 2.05) is 66.4 Å². The molecule has 2 aromatic carbocycles. The van der Waals surface area contributed by atoms with Gasteiger partial charge in [-0.2, -0.15) is 0 Å². The van der Waals surface area contributed by atoms with E-state index in [9.17, 15) is 14.4 Å². The Bertz CT molecular complexity index is 1670. The van der Waals surface area contributed by atoms with Gasteiger partial charge in [-0.05, 0) is 75.4 Å². The molecule has 42 heavy (non-hydrogen) atoms. The molecule has 4 heterocycles. The maximum Gasteiger partial charge on any atom is 0.276 e. The molecule has 2 N–H and O–H groups in total. The fraction of sp³-hybridized carbons (Fsp3) is 0.344. The number of aliphatic imine (C=N–C) groups is 1. The average molecular weight is 567 g/mol. The van der Waals surface area contributed by atoms with Crippen molar-refractivity contribution in [3.63, 3.8) is 0 Å². The predicted molar refractivity (Wildman–Crippen MR) is 161 cm³/mol. The minimum absolute atomic E-state index is 0.0248. The Hall–Kier alpha value is -4.73. The van der Waals surface area contributed by atoms with E-state index in [-0.39, 0.29) is 30.0 Å². The predicted octanol–water partition coefficient (Wildman–Crippen LogP) is 4.49. The number of pyridine rings is 1. The summed E-state index contributed by atoms with van der Waals surface area (Å²) >= 11 is 0. The first-order valence-corrected chi connectivity index (χ1v) is 14.5. The number of anilines is 1. The number of hydrogen-bond acceptors (Lipinski definition) is 6. The standard InChI is InChI=1S/C32H34N6O4/c1-21-18-23-19-24(12-14-28(23)42-21)33-32(36-30(40)26-13-11-22-8-2-3-9-25(22)34-26)35-27-10-4-5-17-38(31(27)41)20-29(39)37-15-6-7-16-37/h2-3,8-9,11-14,18-19,27H,4-7,10,15-17,20H2,1H3,(H2,33,35,36,40). The number of carbonyl (C=O) groups is 3. The van der Waals surface area contributed by atoms with Crippen molar-refractivity contribution >= 4 is 51.2 Å². The Balaban J connectivity index is 1.27. The number of fused-ring (bicyclic) bond motifs is 2. The number of guanidine groups is 1. The monoisotopic (exact) mass is 566 g/mol. The number of rotatable bonds is 5. The zero-order valence-electron chi connectivity index (χ0n) is 23.6. The highest BCUT2D eigenvalue weighted by Gasteiger charge is 2.30. The van der Waals surface area contributed by atoms with E-state index < -0.39 is 11.9 Å². The van der Waals surface area contributed by atoms with Gasteiger partial charge in [-0.15, -0.1) is 0 Å². The van der Waals surface area contributed by atoms with E-state index in [4.69, 9.17) is 9.41 Å². The molecule has 10 nitrogen and oxygen atoms in total. The van der Waals surface area contributed by atoms with Gasteiger partial charge in [0.2, 0.25) is 17.8 Å². The van der Waals surface area contributed by atoms with Gasteiger partial charge < -0.3 is 19.5 Å². The van der Waals surface area contributed by atoms with Crippen LogP contribution in [-0.4, -0.2) is 70.7 Å². The van der Waals surface area contributed by atoms with Crippen molar-refractivity contribution < 1.29 is 18.8 Å². The number of benzene rings is 2. The molecule has 10 heteroatoms. The lowest BCUT2D eigenvalue weighted by atomic mass is 10.1. The van der Waals surface area contributed by atoms with Crippen molar-refractivity contribution in [1.82, 2.24) is 20.1 Å².